The van der Waals surface area contributed by atoms with Crippen molar-refractivity contribution in [3.05, 3.63) is 18.2 Å². The van der Waals surface area contributed by atoms with Gasteiger partial charge in [-0.1, -0.05) is 0 Å². The van der Waals surface area contributed by atoms with Crippen molar-refractivity contribution in [3.8, 4) is 11.5 Å². The molecule has 0 aromatic heterocycles. The maximum absolute atomic E-state index is 10.4. The first-order chi connectivity index (χ1) is 10.5. The summed E-state index contributed by atoms with van der Waals surface area (Å²) in [5.41, 5.74) is 5.77. The Balaban J connectivity index is 2.04. The van der Waals surface area contributed by atoms with Crippen molar-refractivity contribution in [1.82, 2.24) is 4.90 Å². The number of likely N-dealkylation sites (N-methyl/N-ethyl adjacent to an activating group) is 1. The molecule has 1 fully saturated rings. The lowest BCUT2D eigenvalue weighted by atomic mass is 10.0. The van der Waals surface area contributed by atoms with Crippen molar-refractivity contribution in [2.75, 3.05) is 46.2 Å². The molecule has 0 spiro atoms. The van der Waals surface area contributed by atoms with Gasteiger partial charge in [0.2, 0.25) is 0 Å². The van der Waals surface area contributed by atoms with Crippen molar-refractivity contribution in [2.45, 2.75) is 12.0 Å². The number of aliphatic hydroxyl groups is 1. The van der Waals surface area contributed by atoms with Gasteiger partial charge in [-0.05, 0) is 25.6 Å². The predicted octanol–water partition coefficient (Wildman–Crippen LogP) is 0.497. The lowest BCUT2D eigenvalue weighted by Gasteiger charge is -2.20. The van der Waals surface area contributed by atoms with Crippen LogP contribution in [0.2, 0.25) is 0 Å². The molecule has 2 rings (SSSR count). The molecule has 0 aliphatic carbocycles. The standard InChI is InChI=1S/C15H24N4O3/c1-19-7-6-15(20,10-19)9-17-14(16)18-12-8-11(21-2)4-5-13(12)22-3/h4-5,8,20H,6-7,9-10H2,1-3H3,(H3,16,17,18). The first-order valence-electron chi connectivity index (χ1n) is 7.16. The molecular weight excluding hydrogens is 284 g/mol. The summed E-state index contributed by atoms with van der Waals surface area (Å²) in [5, 5.41) is 13.4. The summed E-state index contributed by atoms with van der Waals surface area (Å²) in [4.78, 5) is 6.32. The Morgan fingerprint density at radius 1 is 1.45 bits per heavy atom. The first-order valence-corrected chi connectivity index (χ1v) is 7.16. The van der Waals surface area contributed by atoms with Crippen LogP contribution in [0.25, 0.3) is 0 Å². The van der Waals surface area contributed by atoms with E-state index in [9.17, 15) is 5.11 Å². The van der Waals surface area contributed by atoms with E-state index in [1.165, 1.54) is 0 Å². The van der Waals surface area contributed by atoms with Crippen LogP contribution in [0.15, 0.2) is 23.2 Å². The molecule has 1 heterocycles. The van der Waals surface area contributed by atoms with E-state index in [2.05, 4.69) is 15.2 Å². The molecule has 1 unspecified atom stereocenters. The number of guanidine groups is 1. The van der Waals surface area contributed by atoms with E-state index < -0.39 is 5.60 Å². The van der Waals surface area contributed by atoms with Crippen molar-refractivity contribution in [1.29, 1.82) is 0 Å². The van der Waals surface area contributed by atoms with Crippen LogP contribution in [0.4, 0.5) is 5.69 Å². The number of aliphatic imine (C=N–C) groups is 1. The van der Waals surface area contributed by atoms with E-state index in [0.29, 0.717) is 30.2 Å². The summed E-state index contributed by atoms with van der Waals surface area (Å²) in [7, 11) is 5.15. The van der Waals surface area contributed by atoms with E-state index in [4.69, 9.17) is 15.2 Å². The van der Waals surface area contributed by atoms with E-state index in [-0.39, 0.29) is 12.5 Å². The number of nitrogens with two attached hydrogens (primary N) is 1. The number of rotatable bonds is 5. The van der Waals surface area contributed by atoms with Gasteiger partial charge < -0.3 is 30.5 Å². The van der Waals surface area contributed by atoms with Crippen LogP contribution in [-0.2, 0) is 0 Å². The zero-order valence-corrected chi connectivity index (χ0v) is 13.3. The van der Waals surface area contributed by atoms with Gasteiger partial charge in [0.15, 0.2) is 5.96 Å². The van der Waals surface area contributed by atoms with Crippen LogP contribution < -0.4 is 20.5 Å². The van der Waals surface area contributed by atoms with E-state index in [1.54, 1.807) is 32.4 Å². The number of methoxy groups -OCH3 is 2. The molecule has 1 aromatic rings. The average Bonchev–Trinajstić information content (AvgIpc) is 2.85. The largest absolute Gasteiger partial charge is 0.497 e. The molecule has 0 bridgehead atoms. The number of benzene rings is 1. The highest BCUT2D eigenvalue weighted by molar-refractivity contribution is 5.94. The Morgan fingerprint density at radius 2 is 2.23 bits per heavy atom. The zero-order valence-electron chi connectivity index (χ0n) is 13.3. The molecule has 7 heteroatoms. The zero-order chi connectivity index (χ0) is 16.2. The van der Waals surface area contributed by atoms with Gasteiger partial charge in [0.05, 0.1) is 32.1 Å². The van der Waals surface area contributed by atoms with Crippen molar-refractivity contribution in [3.63, 3.8) is 0 Å². The predicted molar refractivity (Wildman–Crippen MR) is 86.7 cm³/mol. The Morgan fingerprint density at radius 3 is 2.82 bits per heavy atom. The van der Waals surface area contributed by atoms with Gasteiger partial charge in [-0.2, -0.15) is 0 Å². The minimum Gasteiger partial charge on any atom is -0.497 e. The van der Waals surface area contributed by atoms with Crippen LogP contribution >= 0.6 is 0 Å². The maximum atomic E-state index is 10.4. The monoisotopic (exact) mass is 308 g/mol. The second kappa shape index (κ2) is 6.85. The van der Waals surface area contributed by atoms with E-state index in [0.717, 1.165) is 6.54 Å². The third-order valence-corrected chi connectivity index (χ3v) is 3.74. The van der Waals surface area contributed by atoms with Crippen molar-refractivity contribution in [2.24, 2.45) is 10.7 Å². The molecule has 4 N–H and O–H groups in total. The van der Waals surface area contributed by atoms with Gasteiger partial charge in [-0.25, -0.2) is 0 Å². The van der Waals surface area contributed by atoms with Gasteiger partial charge in [0.1, 0.15) is 11.5 Å². The summed E-state index contributed by atoms with van der Waals surface area (Å²) in [6.45, 7) is 1.73. The lowest BCUT2D eigenvalue weighted by molar-refractivity contribution is 0.0615. The molecule has 1 atom stereocenters. The molecule has 122 valence electrons. The number of likely N-dealkylation sites (tertiary alicyclic amines) is 1. The van der Waals surface area contributed by atoms with Gasteiger partial charge >= 0.3 is 0 Å². The topological polar surface area (TPSA) is 92.3 Å². The van der Waals surface area contributed by atoms with E-state index in [1.807, 2.05) is 7.05 Å². The molecule has 0 radical (unpaired) electrons. The first kappa shape index (κ1) is 16.4. The quantitative estimate of drug-likeness (QED) is 0.542. The Kier molecular flexibility index (Phi) is 5.10. The molecule has 0 amide bonds. The summed E-state index contributed by atoms with van der Waals surface area (Å²) in [6.07, 6.45) is 0.697. The molecule has 7 nitrogen and oxygen atoms in total. The number of nitrogens with one attached hydrogen (secondary N) is 1. The molecule has 0 saturated carbocycles. The fourth-order valence-electron chi connectivity index (χ4n) is 2.51. The van der Waals surface area contributed by atoms with Crippen molar-refractivity contribution >= 4 is 11.6 Å². The van der Waals surface area contributed by atoms with Gasteiger partial charge in [-0.15, -0.1) is 0 Å². The van der Waals surface area contributed by atoms with Crippen LogP contribution in [0, 0.1) is 0 Å². The SMILES string of the molecule is COc1ccc(OC)c(NC(N)=NCC2(O)CCN(C)C2)c1. The van der Waals surface area contributed by atoms with Gasteiger partial charge in [0, 0.05) is 19.2 Å². The molecule has 1 aromatic carbocycles. The maximum Gasteiger partial charge on any atom is 0.193 e. The minimum absolute atomic E-state index is 0.231. The highest BCUT2D eigenvalue weighted by Crippen LogP contribution is 2.28. The summed E-state index contributed by atoms with van der Waals surface area (Å²) in [6, 6.07) is 5.36. The third-order valence-electron chi connectivity index (χ3n) is 3.74. The van der Waals surface area contributed by atoms with E-state index >= 15 is 0 Å². The minimum atomic E-state index is -0.806. The van der Waals surface area contributed by atoms with Crippen LogP contribution in [-0.4, -0.2) is 62.5 Å². The molecule has 22 heavy (non-hydrogen) atoms. The third kappa shape index (κ3) is 4.02. The molecule has 1 aliphatic heterocycles. The number of hydrogen-bond acceptors (Lipinski definition) is 5. The lowest BCUT2D eigenvalue weighted by Crippen LogP contribution is -2.37. The second-order valence-corrected chi connectivity index (χ2v) is 5.60. The Hall–Kier alpha value is -1.99. The number of β-amino-alcohol motifs (C(OH)–C–C–N with tert-alkyl or cyclic N) is 1. The summed E-state index contributed by atoms with van der Waals surface area (Å²) in [5.74, 6) is 1.56. The van der Waals surface area contributed by atoms with Gasteiger partial charge in [0.25, 0.3) is 0 Å². The second-order valence-electron chi connectivity index (χ2n) is 5.60. The number of ether oxygens (including phenoxy) is 2. The summed E-state index contributed by atoms with van der Waals surface area (Å²) >= 11 is 0. The normalized spacial score (nSPS) is 22.6. The van der Waals surface area contributed by atoms with Crippen LogP contribution in [0.5, 0.6) is 11.5 Å². The number of hydrogen-bond donors (Lipinski definition) is 3. The number of nitrogens with zero attached hydrogens (tertiary/aromatic N) is 2. The highest BCUT2D eigenvalue weighted by Gasteiger charge is 2.34. The molecule has 1 aliphatic rings. The fraction of sp³-hybridized carbons (Fsp3) is 0.533. The average molecular weight is 308 g/mol. The Labute approximate surface area is 130 Å². The van der Waals surface area contributed by atoms with Crippen LogP contribution in [0.1, 0.15) is 6.42 Å². The highest BCUT2D eigenvalue weighted by atomic mass is 16.5. The molecule has 1 saturated heterocycles. The van der Waals surface area contributed by atoms with Crippen LogP contribution in [0.3, 0.4) is 0 Å². The van der Waals surface area contributed by atoms with Crippen molar-refractivity contribution < 1.29 is 14.6 Å². The van der Waals surface area contributed by atoms with Gasteiger partial charge in [-0.3, -0.25) is 4.99 Å². The number of anilines is 1. The molecular formula is C15H24N4O3. The Bertz CT molecular complexity index is 550. The fourth-order valence-corrected chi connectivity index (χ4v) is 2.51. The summed E-state index contributed by atoms with van der Waals surface area (Å²) < 4.78 is 10.5. The smallest absolute Gasteiger partial charge is 0.193 e.